The number of hydrogen-bond donors (Lipinski definition) is 2. The number of pyridine rings is 1. The Morgan fingerprint density at radius 3 is 2.65 bits per heavy atom. The van der Waals surface area contributed by atoms with Crippen LogP contribution in [-0.2, 0) is 0 Å². The molecule has 0 fully saturated rings. The number of nitrogens with zero attached hydrogens (tertiary/aromatic N) is 1. The summed E-state index contributed by atoms with van der Waals surface area (Å²) in [6.07, 6.45) is 1.50. The minimum absolute atomic E-state index is 0.292. The first-order chi connectivity index (χ1) is 9.38. The van der Waals surface area contributed by atoms with Crippen LogP contribution >= 0.6 is 15.9 Å². The monoisotopic (exact) mass is 341 g/mol. The number of halogens is 3. The molecule has 0 unspecified atom stereocenters. The molecule has 1 aromatic heterocycles. The largest absolute Gasteiger partial charge is 0.396 e. The van der Waals surface area contributed by atoms with Gasteiger partial charge in [-0.05, 0) is 40.5 Å². The number of carbonyl (C=O) groups is 1. The third kappa shape index (κ3) is 2.93. The predicted octanol–water partition coefficient (Wildman–Crippen LogP) is 3.27. The van der Waals surface area contributed by atoms with Gasteiger partial charge in [-0.25, -0.2) is 13.8 Å². The molecule has 0 saturated carbocycles. The molecule has 0 aliphatic carbocycles. The van der Waals surface area contributed by atoms with E-state index in [0.717, 1.165) is 10.5 Å². The van der Waals surface area contributed by atoms with Gasteiger partial charge < -0.3 is 11.1 Å². The Morgan fingerprint density at radius 2 is 2.00 bits per heavy atom. The Kier molecular flexibility index (Phi) is 3.99. The topological polar surface area (TPSA) is 68.0 Å². The summed E-state index contributed by atoms with van der Waals surface area (Å²) in [7, 11) is 0. The van der Waals surface area contributed by atoms with Crippen LogP contribution in [0.15, 0.2) is 28.9 Å². The fourth-order valence-corrected chi connectivity index (χ4v) is 2.03. The quantitative estimate of drug-likeness (QED) is 0.823. The summed E-state index contributed by atoms with van der Waals surface area (Å²) in [5.74, 6) is -2.34. The first kappa shape index (κ1) is 14.4. The van der Waals surface area contributed by atoms with E-state index in [0.29, 0.717) is 17.4 Å². The van der Waals surface area contributed by atoms with Crippen molar-refractivity contribution < 1.29 is 13.6 Å². The summed E-state index contributed by atoms with van der Waals surface area (Å²) < 4.78 is 27.4. The molecular weight excluding hydrogens is 332 g/mol. The fraction of sp³-hybridized carbons (Fsp3) is 0.0769. The molecule has 1 amide bonds. The van der Waals surface area contributed by atoms with Gasteiger partial charge in [-0.2, -0.15) is 0 Å². The number of hydrogen-bond acceptors (Lipinski definition) is 3. The van der Waals surface area contributed by atoms with Crippen molar-refractivity contribution in [2.45, 2.75) is 6.92 Å². The third-order valence-corrected chi connectivity index (χ3v) is 3.04. The summed E-state index contributed by atoms with van der Waals surface area (Å²) in [4.78, 5) is 16.0. The van der Waals surface area contributed by atoms with Crippen molar-refractivity contribution in [2.75, 3.05) is 11.1 Å². The lowest BCUT2D eigenvalue weighted by Crippen LogP contribution is -2.16. The summed E-state index contributed by atoms with van der Waals surface area (Å²) in [6, 6.07) is 3.28. The van der Waals surface area contributed by atoms with E-state index >= 15 is 0 Å². The van der Waals surface area contributed by atoms with Gasteiger partial charge in [0.05, 0.1) is 11.3 Å². The van der Waals surface area contributed by atoms with Crippen LogP contribution in [0.3, 0.4) is 0 Å². The summed E-state index contributed by atoms with van der Waals surface area (Å²) in [5.41, 5.74) is 5.39. The molecule has 104 valence electrons. The molecule has 3 N–H and O–H groups in total. The molecule has 0 aliphatic heterocycles. The smallest absolute Gasteiger partial charge is 0.259 e. The van der Waals surface area contributed by atoms with Crippen molar-refractivity contribution >= 4 is 33.3 Å². The summed E-state index contributed by atoms with van der Waals surface area (Å²) in [6.45, 7) is 1.74. The minimum Gasteiger partial charge on any atom is -0.396 e. The Morgan fingerprint density at radius 1 is 1.30 bits per heavy atom. The summed E-state index contributed by atoms with van der Waals surface area (Å²) >= 11 is 3.24. The number of rotatable bonds is 2. The highest BCUT2D eigenvalue weighted by Crippen LogP contribution is 2.20. The molecule has 1 heterocycles. The summed E-state index contributed by atoms with van der Waals surface area (Å²) in [5, 5.41) is 2.45. The Labute approximate surface area is 122 Å². The maximum Gasteiger partial charge on any atom is 0.259 e. The molecule has 0 aliphatic rings. The zero-order chi connectivity index (χ0) is 14.9. The minimum atomic E-state index is -0.982. The van der Waals surface area contributed by atoms with Gasteiger partial charge in [0, 0.05) is 16.7 Å². The molecule has 1 aromatic carbocycles. The highest BCUT2D eigenvalue weighted by molar-refractivity contribution is 9.10. The average molecular weight is 342 g/mol. The normalized spacial score (nSPS) is 10.4. The third-order valence-electron chi connectivity index (χ3n) is 2.61. The zero-order valence-electron chi connectivity index (χ0n) is 10.4. The van der Waals surface area contributed by atoms with Crippen molar-refractivity contribution in [1.29, 1.82) is 0 Å². The molecule has 0 atom stereocenters. The van der Waals surface area contributed by atoms with Crippen LogP contribution in [0.2, 0.25) is 0 Å². The second kappa shape index (κ2) is 5.54. The molecule has 4 nitrogen and oxygen atoms in total. The number of carbonyl (C=O) groups excluding carboxylic acids is 1. The number of aryl methyl sites for hydroxylation is 1. The van der Waals surface area contributed by atoms with Crippen LogP contribution in [0.25, 0.3) is 0 Å². The average Bonchev–Trinajstić information content (AvgIpc) is 2.37. The second-order valence-corrected chi connectivity index (χ2v) is 5.04. The van der Waals surface area contributed by atoms with E-state index in [4.69, 9.17) is 5.73 Å². The highest BCUT2D eigenvalue weighted by atomic mass is 79.9. The van der Waals surface area contributed by atoms with Crippen molar-refractivity contribution in [2.24, 2.45) is 0 Å². The first-order valence-corrected chi connectivity index (χ1v) is 6.36. The maximum atomic E-state index is 13.6. The number of benzene rings is 1. The van der Waals surface area contributed by atoms with E-state index in [2.05, 4.69) is 26.2 Å². The van der Waals surface area contributed by atoms with Crippen LogP contribution in [-0.4, -0.2) is 10.9 Å². The van der Waals surface area contributed by atoms with Gasteiger partial charge in [0.25, 0.3) is 5.91 Å². The van der Waals surface area contributed by atoms with Gasteiger partial charge >= 0.3 is 0 Å². The molecule has 2 rings (SSSR count). The molecule has 0 spiro atoms. The predicted molar refractivity (Wildman–Crippen MR) is 75.4 cm³/mol. The molecule has 2 aromatic rings. The van der Waals surface area contributed by atoms with E-state index < -0.39 is 17.5 Å². The molecule has 20 heavy (non-hydrogen) atoms. The van der Waals surface area contributed by atoms with Crippen LogP contribution in [0.1, 0.15) is 15.9 Å². The van der Waals surface area contributed by atoms with E-state index in [9.17, 15) is 13.6 Å². The van der Waals surface area contributed by atoms with Crippen molar-refractivity contribution in [3.05, 3.63) is 51.6 Å². The fourth-order valence-electron chi connectivity index (χ4n) is 1.59. The van der Waals surface area contributed by atoms with Gasteiger partial charge in [-0.1, -0.05) is 0 Å². The van der Waals surface area contributed by atoms with E-state index in [1.54, 1.807) is 13.0 Å². The lowest BCUT2D eigenvalue weighted by Gasteiger charge is -2.09. The highest BCUT2D eigenvalue weighted by Gasteiger charge is 2.16. The Hall–Kier alpha value is -2.02. The van der Waals surface area contributed by atoms with Crippen molar-refractivity contribution in [1.82, 2.24) is 4.98 Å². The molecule has 7 heteroatoms. The van der Waals surface area contributed by atoms with Gasteiger partial charge in [-0.3, -0.25) is 4.79 Å². The number of nitrogens with one attached hydrogen (secondary N) is 1. The standard InChI is InChI=1S/C13H10BrF2N3O/c1-6-2-7(14)5-18-12(6)19-13(20)8-3-11(17)10(16)4-9(8)15/h2-5H,17H2,1H3,(H,18,19,20). The zero-order valence-corrected chi connectivity index (χ0v) is 12.0. The molecule has 0 radical (unpaired) electrons. The van der Waals surface area contributed by atoms with Gasteiger partial charge in [0.15, 0.2) is 0 Å². The van der Waals surface area contributed by atoms with Crippen LogP contribution in [0, 0.1) is 18.6 Å². The first-order valence-electron chi connectivity index (χ1n) is 5.56. The van der Waals surface area contributed by atoms with Crippen molar-refractivity contribution in [3.8, 4) is 0 Å². The number of nitrogens with two attached hydrogens (primary N) is 1. The van der Waals surface area contributed by atoms with E-state index in [1.165, 1.54) is 6.20 Å². The maximum absolute atomic E-state index is 13.6. The Bertz CT molecular complexity index is 692. The van der Waals surface area contributed by atoms with Gasteiger partial charge in [-0.15, -0.1) is 0 Å². The molecule has 0 bridgehead atoms. The van der Waals surface area contributed by atoms with Crippen LogP contribution in [0.4, 0.5) is 20.3 Å². The molecular formula is C13H10BrF2N3O. The van der Waals surface area contributed by atoms with E-state index in [1.807, 2.05) is 0 Å². The lowest BCUT2D eigenvalue weighted by atomic mass is 10.1. The van der Waals surface area contributed by atoms with Crippen LogP contribution in [0.5, 0.6) is 0 Å². The number of amides is 1. The van der Waals surface area contributed by atoms with Crippen molar-refractivity contribution in [3.63, 3.8) is 0 Å². The number of aromatic nitrogens is 1. The molecule has 0 saturated heterocycles. The Balaban J connectivity index is 2.31. The van der Waals surface area contributed by atoms with Crippen LogP contribution < -0.4 is 11.1 Å². The SMILES string of the molecule is Cc1cc(Br)cnc1NC(=O)c1cc(N)c(F)cc1F. The lowest BCUT2D eigenvalue weighted by molar-refractivity contribution is 0.102. The van der Waals surface area contributed by atoms with E-state index in [-0.39, 0.29) is 11.3 Å². The van der Waals surface area contributed by atoms with Gasteiger partial charge in [0.2, 0.25) is 0 Å². The van der Waals surface area contributed by atoms with Gasteiger partial charge in [0.1, 0.15) is 17.5 Å². The number of anilines is 2. The second-order valence-electron chi connectivity index (χ2n) is 4.13. The number of nitrogen functional groups attached to an aromatic ring is 1.